The number of nitrogens with zero attached hydrogens (tertiary/aromatic N) is 3. The van der Waals surface area contributed by atoms with Gasteiger partial charge in [0.15, 0.2) is 0 Å². The molecule has 0 aliphatic heterocycles. The van der Waals surface area contributed by atoms with E-state index in [1.54, 1.807) is 19.5 Å². The van der Waals surface area contributed by atoms with Crippen LogP contribution in [0.15, 0.2) is 47.8 Å². The van der Waals surface area contributed by atoms with Crippen LogP contribution in [0.4, 0.5) is 0 Å². The summed E-state index contributed by atoms with van der Waals surface area (Å²) in [7, 11) is 1.71. The quantitative estimate of drug-likeness (QED) is 0.631. The average molecular weight is 363 g/mol. The van der Waals surface area contributed by atoms with Crippen molar-refractivity contribution >= 4 is 23.2 Å². The first-order valence-corrected chi connectivity index (χ1v) is 8.95. The summed E-state index contributed by atoms with van der Waals surface area (Å²) >= 11 is 0. The number of aromatic amines is 1. The van der Waals surface area contributed by atoms with Crippen LogP contribution in [0.25, 0.3) is 11.0 Å². The van der Waals surface area contributed by atoms with Gasteiger partial charge in [-0.25, -0.2) is 9.97 Å². The smallest absolute Gasteiger partial charge is 0.254 e. The van der Waals surface area contributed by atoms with Crippen LogP contribution < -0.4 is 10.1 Å². The summed E-state index contributed by atoms with van der Waals surface area (Å²) in [5.41, 5.74) is 1.93. The number of aromatic nitrogens is 3. The Balaban J connectivity index is 1.53. The molecule has 3 aromatic rings. The lowest BCUT2D eigenvalue weighted by molar-refractivity contribution is 0.0945. The van der Waals surface area contributed by atoms with Crippen molar-refractivity contribution in [2.24, 2.45) is 4.99 Å². The Morgan fingerprint density at radius 3 is 2.89 bits per heavy atom. The molecule has 0 radical (unpaired) electrons. The van der Waals surface area contributed by atoms with Gasteiger partial charge in [0, 0.05) is 25.9 Å². The van der Waals surface area contributed by atoms with Crippen molar-refractivity contribution in [3.63, 3.8) is 0 Å². The van der Waals surface area contributed by atoms with E-state index >= 15 is 0 Å². The van der Waals surface area contributed by atoms with Crippen LogP contribution in [-0.4, -0.2) is 46.3 Å². The van der Waals surface area contributed by atoms with E-state index in [0.29, 0.717) is 29.1 Å². The summed E-state index contributed by atoms with van der Waals surface area (Å²) in [4.78, 5) is 28.3. The maximum absolute atomic E-state index is 12.8. The van der Waals surface area contributed by atoms with Gasteiger partial charge in [-0.1, -0.05) is 30.3 Å². The number of fused-ring (bicyclic) bond motifs is 1. The second kappa shape index (κ2) is 7.19. The lowest BCUT2D eigenvalue weighted by Gasteiger charge is -2.12. The monoisotopic (exact) mass is 363 g/mol. The molecular weight excluding hydrogens is 342 g/mol. The zero-order valence-corrected chi connectivity index (χ0v) is 15.1. The summed E-state index contributed by atoms with van der Waals surface area (Å²) in [5.74, 6) is 0.234. The van der Waals surface area contributed by atoms with Crippen LogP contribution in [0.3, 0.4) is 0 Å². The molecule has 2 N–H and O–H groups in total. The second-order valence-corrected chi connectivity index (χ2v) is 6.69. The molecule has 1 fully saturated rings. The summed E-state index contributed by atoms with van der Waals surface area (Å²) in [6.07, 6.45) is 7.44. The summed E-state index contributed by atoms with van der Waals surface area (Å²) in [5, 5.41) is 3.66. The minimum Gasteiger partial charge on any atom is -0.477 e. The zero-order chi connectivity index (χ0) is 18.7. The third-order valence-corrected chi connectivity index (χ3v) is 4.68. The van der Waals surface area contributed by atoms with Crippen molar-refractivity contribution < 1.29 is 9.53 Å². The number of hydrogen-bond acceptors (Lipinski definition) is 5. The number of nitrogens with one attached hydrogen (secondary N) is 2. The maximum Gasteiger partial charge on any atom is 0.254 e. The predicted molar refractivity (Wildman–Crippen MR) is 103 cm³/mol. The van der Waals surface area contributed by atoms with Gasteiger partial charge in [0.25, 0.3) is 5.91 Å². The van der Waals surface area contributed by atoms with E-state index in [2.05, 4.69) is 37.4 Å². The SMILES string of the molecule is CN=CC1(NC(=O)c2c[nH]c3ncnc(OCCc4ccccc4)c23)CC1. The zero-order valence-electron chi connectivity index (χ0n) is 15.1. The molecule has 27 heavy (non-hydrogen) atoms. The van der Waals surface area contributed by atoms with E-state index in [4.69, 9.17) is 4.74 Å². The molecule has 7 heteroatoms. The molecule has 1 aliphatic carbocycles. The topological polar surface area (TPSA) is 92.3 Å². The fraction of sp³-hybridized carbons (Fsp3) is 0.300. The van der Waals surface area contributed by atoms with Gasteiger partial charge in [0.2, 0.25) is 5.88 Å². The fourth-order valence-corrected chi connectivity index (χ4v) is 3.09. The Kier molecular flexibility index (Phi) is 4.58. The Morgan fingerprint density at radius 1 is 1.33 bits per heavy atom. The molecule has 0 atom stereocenters. The Hall–Kier alpha value is -3.22. The number of carbonyl (C=O) groups is 1. The number of carbonyl (C=O) groups excluding carboxylic acids is 1. The molecule has 0 spiro atoms. The third-order valence-electron chi connectivity index (χ3n) is 4.68. The van der Waals surface area contributed by atoms with E-state index in [9.17, 15) is 4.79 Å². The van der Waals surface area contributed by atoms with Crippen LogP contribution in [-0.2, 0) is 6.42 Å². The van der Waals surface area contributed by atoms with Crippen LogP contribution in [0.1, 0.15) is 28.8 Å². The first kappa shape index (κ1) is 17.2. The lowest BCUT2D eigenvalue weighted by atomic mass is 10.2. The number of aliphatic imine (C=N–C) groups is 1. The van der Waals surface area contributed by atoms with E-state index in [0.717, 1.165) is 19.3 Å². The summed E-state index contributed by atoms with van der Waals surface area (Å²) in [6, 6.07) is 10.1. The molecule has 0 unspecified atom stereocenters. The number of rotatable bonds is 7. The van der Waals surface area contributed by atoms with Gasteiger partial charge >= 0.3 is 0 Å². The molecule has 0 saturated heterocycles. The molecule has 4 rings (SSSR count). The Morgan fingerprint density at radius 2 is 2.15 bits per heavy atom. The number of benzene rings is 1. The molecule has 0 bridgehead atoms. The number of H-pyrrole nitrogens is 1. The van der Waals surface area contributed by atoms with Gasteiger partial charge in [0.05, 0.1) is 23.1 Å². The van der Waals surface area contributed by atoms with Crippen molar-refractivity contribution in [3.8, 4) is 5.88 Å². The maximum atomic E-state index is 12.8. The van der Waals surface area contributed by atoms with Gasteiger partial charge in [-0.3, -0.25) is 9.79 Å². The fourth-order valence-electron chi connectivity index (χ4n) is 3.09. The van der Waals surface area contributed by atoms with Crippen LogP contribution in [0.5, 0.6) is 5.88 Å². The molecule has 2 aromatic heterocycles. The number of amides is 1. The molecule has 1 saturated carbocycles. The van der Waals surface area contributed by atoms with Crippen molar-refractivity contribution in [2.75, 3.05) is 13.7 Å². The van der Waals surface area contributed by atoms with Crippen molar-refractivity contribution in [1.29, 1.82) is 0 Å². The minimum atomic E-state index is -0.320. The highest BCUT2D eigenvalue weighted by molar-refractivity contribution is 6.08. The highest BCUT2D eigenvalue weighted by Gasteiger charge is 2.43. The highest BCUT2D eigenvalue weighted by Crippen LogP contribution is 2.34. The van der Waals surface area contributed by atoms with Gasteiger partial charge < -0.3 is 15.0 Å². The summed E-state index contributed by atoms with van der Waals surface area (Å²) in [6.45, 7) is 0.467. The minimum absolute atomic E-state index is 0.179. The molecule has 1 amide bonds. The van der Waals surface area contributed by atoms with Gasteiger partial charge in [-0.05, 0) is 18.4 Å². The lowest BCUT2D eigenvalue weighted by Crippen LogP contribution is -2.38. The van der Waals surface area contributed by atoms with Crippen molar-refractivity contribution in [3.05, 3.63) is 54.0 Å². The number of ether oxygens (including phenoxy) is 1. The van der Waals surface area contributed by atoms with Crippen molar-refractivity contribution in [2.45, 2.75) is 24.8 Å². The van der Waals surface area contributed by atoms with Gasteiger partial charge in [0.1, 0.15) is 12.0 Å². The predicted octanol–water partition coefficient (Wildman–Crippen LogP) is 2.54. The molecule has 138 valence electrons. The van der Waals surface area contributed by atoms with E-state index in [1.165, 1.54) is 11.9 Å². The van der Waals surface area contributed by atoms with Crippen LogP contribution in [0.2, 0.25) is 0 Å². The van der Waals surface area contributed by atoms with E-state index in [-0.39, 0.29) is 11.4 Å². The van der Waals surface area contributed by atoms with E-state index in [1.807, 2.05) is 18.2 Å². The molecule has 1 aliphatic rings. The largest absolute Gasteiger partial charge is 0.477 e. The summed E-state index contributed by atoms with van der Waals surface area (Å²) < 4.78 is 5.89. The molecule has 7 nitrogen and oxygen atoms in total. The van der Waals surface area contributed by atoms with Gasteiger partial charge in [-0.2, -0.15) is 0 Å². The van der Waals surface area contributed by atoms with Crippen LogP contribution in [0, 0.1) is 0 Å². The Labute approximate surface area is 156 Å². The number of hydrogen-bond donors (Lipinski definition) is 2. The normalized spacial score (nSPS) is 15.1. The Bertz CT molecular complexity index is 976. The molecule has 2 heterocycles. The average Bonchev–Trinajstić information content (AvgIpc) is 3.28. The molecule has 1 aromatic carbocycles. The van der Waals surface area contributed by atoms with Crippen molar-refractivity contribution in [1.82, 2.24) is 20.3 Å². The van der Waals surface area contributed by atoms with Crippen LogP contribution >= 0.6 is 0 Å². The third kappa shape index (κ3) is 3.67. The highest BCUT2D eigenvalue weighted by atomic mass is 16.5. The first-order valence-electron chi connectivity index (χ1n) is 8.95. The van der Waals surface area contributed by atoms with E-state index < -0.39 is 0 Å². The second-order valence-electron chi connectivity index (χ2n) is 6.69. The van der Waals surface area contributed by atoms with Gasteiger partial charge in [-0.15, -0.1) is 0 Å². The molecular formula is C20H21N5O2. The first-order chi connectivity index (χ1) is 13.2. The standard InChI is InChI=1S/C20H21N5O2/c1-21-12-20(8-9-20)25-18(26)15-11-22-17-16(15)19(24-13-23-17)27-10-7-14-5-3-2-4-6-14/h2-6,11-13H,7-10H2,1H3,(H,25,26)(H,22,23,24).